The molecule has 0 aromatic heterocycles. The number of hydrogen-bond acceptors (Lipinski definition) is 4. The summed E-state index contributed by atoms with van der Waals surface area (Å²) in [7, 11) is 3.61. The van der Waals surface area contributed by atoms with E-state index in [1.807, 2.05) is 4.90 Å². The first-order valence-electron chi connectivity index (χ1n) is 9.09. The van der Waals surface area contributed by atoms with Crippen molar-refractivity contribution in [3.05, 3.63) is 28.8 Å². The van der Waals surface area contributed by atoms with E-state index >= 15 is 0 Å². The van der Waals surface area contributed by atoms with Crippen LogP contribution in [0.25, 0.3) is 0 Å². The van der Waals surface area contributed by atoms with Gasteiger partial charge in [-0.05, 0) is 38.1 Å². The van der Waals surface area contributed by atoms with Gasteiger partial charge in [0, 0.05) is 50.2 Å². The number of halogens is 1. The van der Waals surface area contributed by atoms with Crippen LogP contribution in [-0.2, 0) is 4.79 Å². The largest absolute Gasteiger partial charge is 0.496 e. The van der Waals surface area contributed by atoms with Crippen LogP contribution in [0, 0.1) is 5.92 Å². The summed E-state index contributed by atoms with van der Waals surface area (Å²) in [6, 6.07) is 5.05. The van der Waals surface area contributed by atoms with Gasteiger partial charge < -0.3 is 19.4 Å². The van der Waals surface area contributed by atoms with E-state index in [1.54, 1.807) is 23.1 Å². The molecule has 0 saturated carbocycles. The molecule has 0 N–H and O–H groups in total. The molecule has 0 atom stereocenters. The van der Waals surface area contributed by atoms with Crippen molar-refractivity contribution in [2.75, 3.05) is 53.4 Å². The van der Waals surface area contributed by atoms with Gasteiger partial charge in [-0.2, -0.15) is 0 Å². The summed E-state index contributed by atoms with van der Waals surface area (Å²) in [6.45, 7) is 4.65. The van der Waals surface area contributed by atoms with Crippen LogP contribution in [0.5, 0.6) is 5.75 Å². The summed E-state index contributed by atoms with van der Waals surface area (Å²) in [5.41, 5.74) is 0.515. The molecule has 3 rings (SSSR count). The Labute approximate surface area is 159 Å². The number of hydrogen-bond donors (Lipinski definition) is 0. The molecule has 0 bridgehead atoms. The second-order valence-electron chi connectivity index (χ2n) is 7.04. The fourth-order valence-corrected chi connectivity index (χ4v) is 3.79. The Hall–Kier alpha value is -1.79. The zero-order valence-corrected chi connectivity index (χ0v) is 16.2. The van der Waals surface area contributed by atoms with E-state index in [4.69, 9.17) is 16.3 Å². The Balaban J connectivity index is 1.58. The summed E-state index contributed by atoms with van der Waals surface area (Å²) in [6.07, 6.45) is 1.43. The van der Waals surface area contributed by atoms with Gasteiger partial charge in [-0.1, -0.05) is 11.6 Å². The van der Waals surface area contributed by atoms with Gasteiger partial charge in [-0.3, -0.25) is 9.59 Å². The van der Waals surface area contributed by atoms with Crippen LogP contribution in [0.4, 0.5) is 0 Å². The number of piperidine rings is 1. The van der Waals surface area contributed by atoms with Gasteiger partial charge in [-0.15, -0.1) is 0 Å². The van der Waals surface area contributed by atoms with Crippen molar-refractivity contribution in [2.24, 2.45) is 5.92 Å². The third-order valence-corrected chi connectivity index (χ3v) is 5.58. The highest BCUT2D eigenvalue weighted by molar-refractivity contribution is 6.30. The number of piperazine rings is 1. The normalized spacial score (nSPS) is 19.5. The molecule has 1 aromatic carbocycles. The Kier molecular flexibility index (Phi) is 6.04. The minimum Gasteiger partial charge on any atom is -0.496 e. The van der Waals surface area contributed by atoms with Crippen LogP contribution < -0.4 is 4.74 Å². The van der Waals surface area contributed by atoms with E-state index in [2.05, 4.69) is 11.9 Å². The van der Waals surface area contributed by atoms with Gasteiger partial charge in [0.1, 0.15) is 5.75 Å². The molecule has 2 aliphatic rings. The predicted octanol–water partition coefficient (Wildman–Crippen LogP) is 1.97. The quantitative estimate of drug-likeness (QED) is 0.805. The summed E-state index contributed by atoms with van der Waals surface area (Å²) in [4.78, 5) is 31.5. The average Bonchev–Trinajstić information content (AvgIpc) is 2.67. The smallest absolute Gasteiger partial charge is 0.257 e. The van der Waals surface area contributed by atoms with Crippen LogP contribution in [0.2, 0.25) is 5.02 Å². The molecule has 2 saturated heterocycles. The Morgan fingerprint density at radius 1 is 1.04 bits per heavy atom. The molecule has 2 aliphatic heterocycles. The monoisotopic (exact) mass is 379 g/mol. The minimum absolute atomic E-state index is 0.0227. The van der Waals surface area contributed by atoms with Crippen molar-refractivity contribution in [3.8, 4) is 5.75 Å². The number of likely N-dealkylation sites (N-methyl/N-ethyl adjacent to an activating group) is 1. The first-order chi connectivity index (χ1) is 12.5. The second-order valence-corrected chi connectivity index (χ2v) is 7.48. The lowest BCUT2D eigenvalue weighted by atomic mass is 9.94. The van der Waals surface area contributed by atoms with E-state index < -0.39 is 0 Å². The number of nitrogens with zero attached hydrogens (tertiary/aromatic N) is 3. The molecule has 1 aromatic rings. The van der Waals surface area contributed by atoms with Crippen molar-refractivity contribution in [2.45, 2.75) is 12.8 Å². The number of benzene rings is 1. The van der Waals surface area contributed by atoms with E-state index in [1.165, 1.54) is 7.11 Å². The Bertz CT molecular complexity index is 666. The first kappa shape index (κ1) is 19.0. The van der Waals surface area contributed by atoms with Gasteiger partial charge in [0.15, 0.2) is 0 Å². The molecule has 6 nitrogen and oxygen atoms in total. The SMILES string of the molecule is COc1cc(Cl)ccc1C(=O)N1CCC(C(=O)N2CCN(C)CC2)CC1. The first-order valence-corrected chi connectivity index (χ1v) is 9.47. The van der Waals surface area contributed by atoms with E-state index in [0.29, 0.717) is 42.3 Å². The summed E-state index contributed by atoms with van der Waals surface area (Å²) in [5.74, 6) is 0.686. The van der Waals surface area contributed by atoms with Gasteiger partial charge in [0.25, 0.3) is 5.91 Å². The number of ether oxygens (including phenoxy) is 1. The highest BCUT2D eigenvalue weighted by Crippen LogP contribution is 2.27. The van der Waals surface area contributed by atoms with Crippen molar-refractivity contribution in [1.82, 2.24) is 14.7 Å². The highest BCUT2D eigenvalue weighted by atomic mass is 35.5. The van der Waals surface area contributed by atoms with E-state index in [-0.39, 0.29) is 17.7 Å². The lowest BCUT2D eigenvalue weighted by molar-refractivity contribution is -0.138. The number of carbonyl (C=O) groups excluding carboxylic acids is 2. The van der Waals surface area contributed by atoms with Crippen molar-refractivity contribution >= 4 is 23.4 Å². The standard InChI is InChI=1S/C19H26ClN3O3/c1-21-9-11-23(12-10-21)18(24)14-5-7-22(8-6-14)19(25)16-4-3-15(20)13-17(16)26-2/h3-4,13-14H,5-12H2,1-2H3. The third kappa shape index (κ3) is 4.13. The number of rotatable bonds is 3. The lowest BCUT2D eigenvalue weighted by Gasteiger charge is -2.37. The predicted molar refractivity (Wildman–Crippen MR) is 101 cm³/mol. The van der Waals surface area contributed by atoms with Crippen LogP contribution in [0.15, 0.2) is 18.2 Å². The van der Waals surface area contributed by atoms with Gasteiger partial charge in [0.05, 0.1) is 12.7 Å². The maximum absolute atomic E-state index is 12.8. The van der Waals surface area contributed by atoms with Gasteiger partial charge >= 0.3 is 0 Å². The number of methoxy groups -OCH3 is 1. The van der Waals surface area contributed by atoms with Crippen LogP contribution in [-0.4, -0.2) is 79.9 Å². The zero-order valence-electron chi connectivity index (χ0n) is 15.4. The molecule has 7 heteroatoms. The lowest BCUT2D eigenvalue weighted by Crippen LogP contribution is -2.51. The maximum Gasteiger partial charge on any atom is 0.257 e. The average molecular weight is 380 g/mol. The topological polar surface area (TPSA) is 53.1 Å². The molecule has 26 heavy (non-hydrogen) atoms. The van der Waals surface area contributed by atoms with E-state index in [0.717, 1.165) is 26.2 Å². The van der Waals surface area contributed by atoms with Crippen LogP contribution >= 0.6 is 11.6 Å². The Morgan fingerprint density at radius 3 is 2.31 bits per heavy atom. The molecule has 2 fully saturated rings. The zero-order chi connectivity index (χ0) is 18.7. The van der Waals surface area contributed by atoms with Crippen molar-refractivity contribution < 1.29 is 14.3 Å². The molecule has 0 unspecified atom stereocenters. The summed E-state index contributed by atoms with van der Waals surface area (Å²) >= 11 is 5.97. The summed E-state index contributed by atoms with van der Waals surface area (Å²) in [5, 5.41) is 0.537. The summed E-state index contributed by atoms with van der Waals surface area (Å²) < 4.78 is 5.29. The molecule has 2 amide bonds. The van der Waals surface area contributed by atoms with E-state index in [9.17, 15) is 9.59 Å². The molecule has 0 spiro atoms. The number of likely N-dealkylation sites (tertiary alicyclic amines) is 1. The molecule has 2 heterocycles. The van der Waals surface area contributed by atoms with Crippen molar-refractivity contribution in [1.29, 1.82) is 0 Å². The fourth-order valence-electron chi connectivity index (χ4n) is 3.63. The molecular formula is C19H26ClN3O3. The Morgan fingerprint density at radius 2 is 1.69 bits per heavy atom. The molecule has 0 radical (unpaired) electrons. The number of amides is 2. The van der Waals surface area contributed by atoms with Crippen LogP contribution in [0.1, 0.15) is 23.2 Å². The third-order valence-electron chi connectivity index (χ3n) is 5.34. The second kappa shape index (κ2) is 8.27. The minimum atomic E-state index is -0.0657. The van der Waals surface area contributed by atoms with Gasteiger partial charge in [0.2, 0.25) is 5.91 Å². The maximum atomic E-state index is 12.8. The molecule has 0 aliphatic carbocycles. The highest BCUT2D eigenvalue weighted by Gasteiger charge is 2.32. The van der Waals surface area contributed by atoms with Crippen molar-refractivity contribution in [3.63, 3.8) is 0 Å². The van der Waals surface area contributed by atoms with Crippen LogP contribution in [0.3, 0.4) is 0 Å². The number of carbonyl (C=O) groups is 2. The fraction of sp³-hybridized carbons (Fsp3) is 0.579. The molecular weight excluding hydrogens is 354 g/mol. The van der Waals surface area contributed by atoms with Gasteiger partial charge in [-0.25, -0.2) is 0 Å². The molecule has 142 valence electrons.